The zero-order valence-electron chi connectivity index (χ0n) is 20.9. The second kappa shape index (κ2) is 12.2. The minimum Gasteiger partial charge on any atom is -0.475 e. The normalized spacial score (nSPS) is 10.7. The molecule has 2 aromatic heterocycles. The molecule has 0 radical (unpaired) electrons. The third-order valence-electron chi connectivity index (χ3n) is 5.78. The zero-order valence-corrected chi connectivity index (χ0v) is 22.9. The number of pyridine rings is 1. The number of nitrogens with zero attached hydrogens (tertiary/aromatic N) is 3. The summed E-state index contributed by atoms with van der Waals surface area (Å²) in [4.78, 5) is 30.4. The van der Waals surface area contributed by atoms with Gasteiger partial charge in [-0.25, -0.2) is 9.78 Å². The average Bonchev–Trinajstić information content (AvgIpc) is 3.14. The van der Waals surface area contributed by atoms with Crippen molar-refractivity contribution in [3.63, 3.8) is 0 Å². The van der Waals surface area contributed by atoms with Crippen LogP contribution in [0.4, 0.5) is 5.69 Å². The number of aliphatic hydroxyl groups is 1. The van der Waals surface area contributed by atoms with Crippen molar-refractivity contribution in [3.05, 3.63) is 97.5 Å². The van der Waals surface area contributed by atoms with E-state index in [4.69, 9.17) is 14.4 Å². The maximum absolute atomic E-state index is 11.6. The Morgan fingerprint density at radius 2 is 1.86 bits per heavy atom. The zero-order chi connectivity index (χ0) is 24.9. The van der Waals surface area contributed by atoms with Gasteiger partial charge in [-0.2, -0.15) is 0 Å². The number of hydrogen-bond donors (Lipinski definition) is 2. The van der Waals surface area contributed by atoms with Crippen molar-refractivity contribution in [2.45, 2.75) is 33.9 Å². The van der Waals surface area contributed by atoms with E-state index in [9.17, 15) is 9.59 Å². The molecular formula is C26H27N4NaO5. The molecule has 0 fully saturated rings. The molecule has 0 spiro atoms. The second-order valence-electron chi connectivity index (χ2n) is 8.24. The molecule has 0 unspecified atom stereocenters. The van der Waals surface area contributed by atoms with E-state index in [1.807, 2.05) is 50.2 Å². The van der Waals surface area contributed by atoms with Crippen LogP contribution in [-0.4, -0.2) is 28.0 Å². The Morgan fingerprint density at radius 3 is 2.50 bits per heavy atom. The minimum absolute atomic E-state index is 0. The molecule has 0 saturated heterocycles. The van der Waals surface area contributed by atoms with Crippen LogP contribution in [0.3, 0.4) is 0 Å². The van der Waals surface area contributed by atoms with Crippen molar-refractivity contribution in [2.24, 2.45) is 0 Å². The standard InChI is InChI=1S/C26H28N4O5.Na/c1-16-13-23(34-12-11-31)28-18(3)24(16)22-6-4-5-20(17(22)2)14-27-21-9-7-19(8-10-21)15-30-25(32)29-26(33)35-30;/h4-10,13,27,31H,11-12,14-15H2,1-3H3,(H,29,32,33);/q;+1/p-1. The number of ether oxygens (including phenoxy) is 1. The van der Waals surface area contributed by atoms with E-state index in [-0.39, 0.29) is 49.3 Å². The Labute approximate surface area is 230 Å². The van der Waals surface area contributed by atoms with Crippen LogP contribution in [0.15, 0.2) is 62.6 Å². The molecule has 182 valence electrons. The van der Waals surface area contributed by atoms with E-state index < -0.39 is 11.4 Å². The van der Waals surface area contributed by atoms with Crippen molar-refractivity contribution >= 4 is 5.69 Å². The summed E-state index contributed by atoms with van der Waals surface area (Å²) in [7, 11) is 0. The number of aryl methyl sites for hydroxylation is 2. The van der Waals surface area contributed by atoms with Gasteiger partial charge in [0.2, 0.25) is 5.88 Å². The van der Waals surface area contributed by atoms with Crippen molar-refractivity contribution in [2.75, 3.05) is 18.5 Å². The number of anilines is 1. The third kappa shape index (κ3) is 6.36. The molecule has 0 saturated carbocycles. The predicted molar refractivity (Wildman–Crippen MR) is 132 cm³/mol. The molecule has 4 aromatic rings. The average molecular weight is 499 g/mol. The SMILES string of the molecule is Cc1cc(OCCO)nc(C)c1-c1cccc(CNc2ccc(Cn3oc(=O)[n-]c3=O)cc2)c1C.[Na+]. The van der Waals surface area contributed by atoms with Gasteiger partial charge in [0.05, 0.1) is 6.61 Å². The van der Waals surface area contributed by atoms with Crippen LogP contribution in [0.2, 0.25) is 0 Å². The molecule has 4 rings (SSSR count). The van der Waals surface area contributed by atoms with Crippen LogP contribution >= 0.6 is 0 Å². The molecule has 0 aliphatic heterocycles. The van der Waals surface area contributed by atoms with Gasteiger partial charge in [-0.1, -0.05) is 30.3 Å². The van der Waals surface area contributed by atoms with Crippen molar-refractivity contribution in [3.8, 4) is 17.0 Å². The van der Waals surface area contributed by atoms with Gasteiger partial charge in [0.25, 0.3) is 0 Å². The van der Waals surface area contributed by atoms with Crippen LogP contribution in [0.5, 0.6) is 5.88 Å². The fourth-order valence-corrected chi connectivity index (χ4v) is 4.05. The molecule has 36 heavy (non-hydrogen) atoms. The van der Waals surface area contributed by atoms with Gasteiger partial charge in [0.1, 0.15) is 6.61 Å². The third-order valence-corrected chi connectivity index (χ3v) is 5.78. The summed E-state index contributed by atoms with van der Waals surface area (Å²) in [6, 6.07) is 15.7. The molecular weight excluding hydrogens is 471 g/mol. The first kappa shape index (κ1) is 27.5. The molecule has 2 heterocycles. The molecule has 9 nitrogen and oxygen atoms in total. The molecule has 2 aromatic carbocycles. The maximum atomic E-state index is 11.6. The molecule has 0 bridgehead atoms. The summed E-state index contributed by atoms with van der Waals surface area (Å²) in [5.74, 6) is -0.378. The monoisotopic (exact) mass is 498 g/mol. The van der Waals surface area contributed by atoms with Crippen LogP contribution < -0.4 is 56.0 Å². The predicted octanol–water partition coefficient (Wildman–Crippen LogP) is -0.219. The topological polar surface area (TPSA) is 121 Å². The first-order valence-corrected chi connectivity index (χ1v) is 11.2. The number of rotatable bonds is 9. The van der Waals surface area contributed by atoms with Crippen molar-refractivity contribution in [1.29, 1.82) is 0 Å². The van der Waals surface area contributed by atoms with Crippen LogP contribution in [0, 0.1) is 20.8 Å². The van der Waals surface area contributed by atoms with Crippen LogP contribution in [0.25, 0.3) is 11.1 Å². The minimum atomic E-state index is -0.891. The van der Waals surface area contributed by atoms with E-state index in [0.29, 0.717) is 12.4 Å². The molecule has 10 heteroatoms. The Morgan fingerprint density at radius 1 is 1.11 bits per heavy atom. The van der Waals surface area contributed by atoms with Gasteiger partial charge >= 0.3 is 35.3 Å². The summed E-state index contributed by atoms with van der Waals surface area (Å²) in [6.07, 6.45) is 0. The quantitative estimate of drug-likeness (QED) is 0.304. The number of nitrogens with one attached hydrogen (secondary N) is 1. The van der Waals surface area contributed by atoms with Gasteiger partial charge in [-0.3, -0.25) is 9.53 Å². The number of hydrogen-bond acceptors (Lipinski definition) is 7. The Kier molecular flexibility index (Phi) is 9.33. The molecule has 0 atom stereocenters. The Bertz CT molecular complexity index is 1420. The van der Waals surface area contributed by atoms with Crippen molar-refractivity contribution < 1.29 is 43.9 Å². The van der Waals surface area contributed by atoms with E-state index in [0.717, 1.165) is 49.5 Å². The van der Waals surface area contributed by atoms with Gasteiger partial charge in [-0.05, 0) is 60.7 Å². The van der Waals surface area contributed by atoms with Gasteiger partial charge in [-0.15, -0.1) is 0 Å². The summed E-state index contributed by atoms with van der Waals surface area (Å²) in [5.41, 5.74) is 7.49. The van der Waals surface area contributed by atoms with Gasteiger partial charge < -0.3 is 24.7 Å². The summed E-state index contributed by atoms with van der Waals surface area (Å²) >= 11 is 0. The first-order valence-electron chi connectivity index (χ1n) is 11.2. The molecule has 0 amide bonds. The van der Waals surface area contributed by atoms with Gasteiger partial charge in [0.15, 0.2) is 5.69 Å². The van der Waals surface area contributed by atoms with E-state index in [1.54, 1.807) is 0 Å². The molecule has 0 aliphatic carbocycles. The van der Waals surface area contributed by atoms with Crippen molar-refractivity contribution in [1.82, 2.24) is 14.7 Å². The van der Waals surface area contributed by atoms with E-state index >= 15 is 0 Å². The Hall–Kier alpha value is -3.11. The maximum Gasteiger partial charge on any atom is 1.00 e. The number of aromatic nitrogens is 3. The second-order valence-corrected chi connectivity index (χ2v) is 8.24. The first-order chi connectivity index (χ1) is 16.9. The summed E-state index contributed by atoms with van der Waals surface area (Å²) in [6.45, 7) is 7.03. The smallest absolute Gasteiger partial charge is 0.475 e. The number of benzene rings is 2. The van der Waals surface area contributed by atoms with Gasteiger partial charge in [0, 0.05) is 36.1 Å². The summed E-state index contributed by atoms with van der Waals surface area (Å²) < 4.78 is 11.2. The fraction of sp³-hybridized carbons (Fsp3) is 0.269. The number of aliphatic hydroxyl groups excluding tert-OH is 1. The largest absolute Gasteiger partial charge is 1.00 e. The summed E-state index contributed by atoms with van der Waals surface area (Å²) in [5, 5.41) is 12.4. The molecule has 0 aliphatic rings. The van der Waals surface area contributed by atoms with E-state index in [2.05, 4.69) is 34.3 Å². The van der Waals surface area contributed by atoms with E-state index in [1.165, 1.54) is 0 Å². The fourth-order valence-electron chi connectivity index (χ4n) is 4.05. The molecule has 2 N–H and O–H groups in total. The Balaban J connectivity index is 0.00000361. The van der Waals surface area contributed by atoms with Crippen LogP contribution in [-0.2, 0) is 13.1 Å². The van der Waals surface area contributed by atoms with Crippen LogP contribution in [0.1, 0.15) is 27.9 Å².